The molecule has 2 unspecified atom stereocenters. The summed E-state index contributed by atoms with van der Waals surface area (Å²) in [6.45, 7) is 1.53. The van der Waals surface area contributed by atoms with Crippen LogP contribution in [-0.4, -0.2) is 35.1 Å². The number of ketones is 1. The van der Waals surface area contributed by atoms with Crippen LogP contribution >= 0.6 is 0 Å². The number of carboxylic acids is 1. The molecule has 0 aliphatic rings. The molecule has 136 valence electrons. The minimum absolute atomic E-state index is 0.0908. The van der Waals surface area contributed by atoms with Gasteiger partial charge in [-0.3, -0.25) is 19.7 Å². The molecule has 2 rings (SSSR count). The zero-order valence-corrected chi connectivity index (χ0v) is 14.4. The van der Waals surface area contributed by atoms with Gasteiger partial charge in [0.25, 0.3) is 0 Å². The third-order valence-corrected chi connectivity index (χ3v) is 3.72. The van der Waals surface area contributed by atoms with Crippen molar-refractivity contribution < 1.29 is 24.2 Å². The first kappa shape index (κ1) is 19.3. The van der Waals surface area contributed by atoms with Gasteiger partial charge >= 0.3 is 11.9 Å². The number of carboxylic acid groups (broad SMARTS) is 1. The molecule has 2 aromatic rings. The molecule has 0 aliphatic carbocycles. The second-order valence-corrected chi connectivity index (χ2v) is 5.85. The summed E-state index contributed by atoms with van der Waals surface area (Å²) in [7, 11) is 0. The molecular weight excluding hydrogens is 334 g/mol. The fourth-order valence-electron chi connectivity index (χ4n) is 2.46. The maximum Gasteiger partial charge on any atom is 0.321 e. The van der Waals surface area contributed by atoms with Gasteiger partial charge in [-0.25, -0.2) is 0 Å². The van der Waals surface area contributed by atoms with E-state index in [0.29, 0.717) is 5.56 Å². The number of ether oxygens (including phenoxy) is 1. The number of carbonyl (C=O) groups is 3. The molecule has 0 fully saturated rings. The average molecular weight is 355 g/mol. The van der Waals surface area contributed by atoms with Gasteiger partial charge in [-0.1, -0.05) is 60.7 Å². The third-order valence-electron chi connectivity index (χ3n) is 3.72. The van der Waals surface area contributed by atoms with Crippen LogP contribution in [0.25, 0.3) is 0 Å². The van der Waals surface area contributed by atoms with Crippen molar-refractivity contribution in [2.45, 2.75) is 32.0 Å². The highest BCUT2D eigenvalue weighted by atomic mass is 16.6. The molecule has 26 heavy (non-hydrogen) atoms. The van der Waals surface area contributed by atoms with E-state index in [9.17, 15) is 19.5 Å². The SMILES string of the molecule is CC(NC(CC(=O)c1ccccc1)C(=O)O)OC(=O)Cc1ccccc1. The molecular formula is C20H21NO5. The van der Waals surface area contributed by atoms with Crippen LogP contribution in [0.1, 0.15) is 29.3 Å². The van der Waals surface area contributed by atoms with Crippen LogP contribution in [0, 0.1) is 0 Å². The molecule has 0 amide bonds. The zero-order chi connectivity index (χ0) is 18.9. The molecule has 0 aliphatic heterocycles. The van der Waals surface area contributed by atoms with Crippen molar-refractivity contribution in [2.24, 2.45) is 0 Å². The number of hydrogen-bond donors (Lipinski definition) is 2. The van der Waals surface area contributed by atoms with E-state index in [1.54, 1.807) is 42.5 Å². The van der Waals surface area contributed by atoms with Crippen LogP contribution < -0.4 is 5.32 Å². The Labute approximate surface area is 151 Å². The molecule has 0 radical (unpaired) electrons. The van der Waals surface area contributed by atoms with Gasteiger partial charge in [0.15, 0.2) is 12.0 Å². The van der Waals surface area contributed by atoms with E-state index in [1.807, 2.05) is 18.2 Å². The van der Waals surface area contributed by atoms with Crippen molar-refractivity contribution >= 4 is 17.7 Å². The number of esters is 1. The lowest BCUT2D eigenvalue weighted by Gasteiger charge is -2.20. The summed E-state index contributed by atoms with van der Waals surface area (Å²) in [5, 5.41) is 12.0. The quantitative estimate of drug-likeness (QED) is 0.408. The lowest BCUT2D eigenvalue weighted by atomic mass is 10.0. The number of carbonyl (C=O) groups excluding carboxylic acids is 2. The summed E-state index contributed by atoms with van der Waals surface area (Å²) in [5.74, 6) is -1.96. The Bertz CT molecular complexity index is 745. The van der Waals surface area contributed by atoms with E-state index in [1.165, 1.54) is 6.92 Å². The number of benzene rings is 2. The predicted octanol–water partition coefficient (Wildman–Crippen LogP) is 2.43. The van der Waals surface area contributed by atoms with Gasteiger partial charge in [-0.05, 0) is 12.5 Å². The smallest absolute Gasteiger partial charge is 0.321 e. The summed E-state index contributed by atoms with van der Waals surface area (Å²) >= 11 is 0. The fourth-order valence-corrected chi connectivity index (χ4v) is 2.46. The number of rotatable bonds is 9. The summed E-state index contributed by atoms with van der Waals surface area (Å²) in [6, 6.07) is 16.4. The second kappa shape index (κ2) is 9.48. The summed E-state index contributed by atoms with van der Waals surface area (Å²) in [5.41, 5.74) is 1.24. The largest absolute Gasteiger partial charge is 0.480 e. The van der Waals surface area contributed by atoms with E-state index in [4.69, 9.17) is 4.74 Å². The topological polar surface area (TPSA) is 92.7 Å². The van der Waals surface area contributed by atoms with Crippen molar-refractivity contribution in [3.05, 3.63) is 71.8 Å². The average Bonchev–Trinajstić information content (AvgIpc) is 2.62. The summed E-state index contributed by atoms with van der Waals surface area (Å²) in [4.78, 5) is 35.6. The molecule has 6 heteroatoms. The standard InChI is InChI=1S/C20H21NO5/c1-14(26-19(23)12-15-8-4-2-5-9-15)21-17(20(24)25)13-18(22)16-10-6-3-7-11-16/h2-11,14,17,21H,12-13H2,1H3,(H,24,25). The van der Waals surface area contributed by atoms with Gasteiger partial charge in [-0.15, -0.1) is 0 Å². The van der Waals surface area contributed by atoms with Crippen molar-refractivity contribution in [2.75, 3.05) is 0 Å². The van der Waals surface area contributed by atoms with Crippen molar-refractivity contribution in [3.8, 4) is 0 Å². The van der Waals surface area contributed by atoms with Gasteiger partial charge < -0.3 is 9.84 Å². The normalized spacial score (nSPS) is 12.8. The number of hydrogen-bond acceptors (Lipinski definition) is 5. The maximum atomic E-state index is 12.2. The van der Waals surface area contributed by atoms with Gasteiger partial charge in [0, 0.05) is 12.0 Å². The predicted molar refractivity (Wildman–Crippen MR) is 95.6 cm³/mol. The first-order valence-corrected chi connectivity index (χ1v) is 8.26. The highest BCUT2D eigenvalue weighted by Crippen LogP contribution is 2.08. The first-order valence-electron chi connectivity index (χ1n) is 8.26. The van der Waals surface area contributed by atoms with Crippen LogP contribution in [0.2, 0.25) is 0 Å². The van der Waals surface area contributed by atoms with Gasteiger partial charge in [0.05, 0.1) is 6.42 Å². The van der Waals surface area contributed by atoms with Crippen LogP contribution in [0.5, 0.6) is 0 Å². The van der Waals surface area contributed by atoms with Crippen LogP contribution in [-0.2, 0) is 20.7 Å². The zero-order valence-electron chi connectivity index (χ0n) is 14.4. The van der Waals surface area contributed by atoms with Crippen LogP contribution in [0.3, 0.4) is 0 Å². The highest BCUT2D eigenvalue weighted by molar-refractivity contribution is 5.98. The minimum Gasteiger partial charge on any atom is -0.480 e. The fraction of sp³-hybridized carbons (Fsp3) is 0.250. The Kier molecular flexibility index (Phi) is 7.05. The van der Waals surface area contributed by atoms with E-state index in [0.717, 1.165) is 5.56 Å². The first-order chi connectivity index (χ1) is 12.5. The van der Waals surface area contributed by atoms with Crippen LogP contribution in [0.4, 0.5) is 0 Å². The Morgan fingerprint density at radius 2 is 1.58 bits per heavy atom. The number of nitrogens with one attached hydrogen (secondary N) is 1. The van der Waals surface area contributed by atoms with Gasteiger partial charge in [0.2, 0.25) is 0 Å². The van der Waals surface area contributed by atoms with Crippen molar-refractivity contribution in [3.63, 3.8) is 0 Å². The highest BCUT2D eigenvalue weighted by Gasteiger charge is 2.24. The maximum absolute atomic E-state index is 12.2. The molecule has 0 bridgehead atoms. The number of aliphatic carboxylic acids is 1. The van der Waals surface area contributed by atoms with E-state index in [2.05, 4.69) is 5.32 Å². The molecule has 0 saturated heterocycles. The van der Waals surface area contributed by atoms with E-state index in [-0.39, 0.29) is 18.6 Å². The lowest BCUT2D eigenvalue weighted by molar-refractivity contribution is -0.152. The molecule has 6 nitrogen and oxygen atoms in total. The molecule has 2 N–H and O–H groups in total. The Morgan fingerprint density at radius 1 is 1.00 bits per heavy atom. The van der Waals surface area contributed by atoms with Crippen molar-refractivity contribution in [1.29, 1.82) is 0 Å². The van der Waals surface area contributed by atoms with Gasteiger partial charge in [-0.2, -0.15) is 0 Å². The van der Waals surface area contributed by atoms with E-state index >= 15 is 0 Å². The van der Waals surface area contributed by atoms with Crippen LogP contribution in [0.15, 0.2) is 60.7 Å². The lowest BCUT2D eigenvalue weighted by Crippen LogP contribution is -2.45. The molecule has 0 heterocycles. The molecule has 0 saturated carbocycles. The Balaban J connectivity index is 1.89. The third kappa shape index (κ3) is 6.14. The van der Waals surface area contributed by atoms with Gasteiger partial charge in [0.1, 0.15) is 6.04 Å². The Hall–Kier alpha value is -2.99. The monoisotopic (exact) mass is 355 g/mol. The van der Waals surface area contributed by atoms with E-state index < -0.39 is 24.2 Å². The summed E-state index contributed by atoms with van der Waals surface area (Å²) in [6.07, 6.45) is -0.983. The number of Topliss-reactive ketones (excluding diaryl/α,β-unsaturated/α-hetero) is 1. The molecule has 2 aromatic carbocycles. The molecule has 0 aromatic heterocycles. The Morgan fingerprint density at radius 3 is 2.15 bits per heavy atom. The van der Waals surface area contributed by atoms with Crippen molar-refractivity contribution in [1.82, 2.24) is 5.32 Å². The second-order valence-electron chi connectivity index (χ2n) is 5.85. The molecule has 2 atom stereocenters. The summed E-state index contributed by atoms with van der Waals surface area (Å²) < 4.78 is 5.20. The molecule has 0 spiro atoms. The minimum atomic E-state index is -1.18.